The molecule has 186 valence electrons. The van der Waals surface area contributed by atoms with Crippen LogP contribution in [0.5, 0.6) is 5.75 Å². The zero-order chi connectivity index (χ0) is 26.1. The predicted molar refractivity (Wildman–Crippen MR) is 140 cm³/mol. The van der Waals surface area contributed by atoms with Gasteiger partial charge in [-0.1, -0.05) is 37.0 Å². The van der Waals surface area contributed by atoms with Crippen molar-refractivity contribution in [3.63, 3.8) is 0 Å². The normalized spacial score (nSPS) is 11.9. The van der Waals surface area contributed by atoms with Crippen LogP contribution in [0.4, 0.5) is 10.2 Å². The number of nitrogens with two attached hydrogens (primary N) is 1. The zero-order valence-corrected chi connectivity index (χ0v) is 20.6. The lowest BCUT2D eigenvalue weighted by atomic mass is 10.0. The number of nitrogen functional groups attached to an aromatic ring is 1. The molecule has 1 atom stereocenters. The molecule has 8 nitrogen and oxygen atoms in total. The van der Waals surface area contributed by atoms with E-state index in [0.717, 1.165) is 6.42 Å². The summed E-state index contributed by atoms with van der Waals surface area (Å²) < 4.78 is 27.1. The minimum absolute atomic E-state index is 0.185. The van der Waals surface area contributed by atoms with Crippen LogP contribution in [0.25, 0.3) is 33.1 Å². The SMILES string of the molecule is CCCC#Cc1c(C(C)n2nc(-c3cc(F)cc(OC)c3)c3c(N)ncnc32)oc(=O)c2ccccc12. The van der Waals surface area contributed by atoms with Crippen LogP contribution in [0.2, 0.25) is 0 Å². The van der Waals surface area contributed by atoms with E-state index < -0.39 is 17.5 Å². The van der Waals surface area contributed by atoms with Crippen molar-refractivity contribution in [1.82, 2.24) is 19.7 Å². The van der Waals surface area contributed by atoms with Gasteiger partial charge in [-0.2, -0.15) is 5.10 Å². The molecule has 0 amide bonds. The quantitative estimate of drug-likeness (QED) is 0.337. The molecule has 3 heterocycles. The third-order valence-electron chi connectivity index (χ3n) is 6.10. The average Bonchev–Trinajstić information content (AvgIpc) is 3.30. The Labute approximate surface area is 211 Å². The molecule has 5 aromatic rings. The number of hydrogen-bond donors (Lipinski definition) is 1. The highest BCUT2D eigenvalue weighted by Crippen LogP contribution is 2.36. The lowest BCUT2D eigenvalue weighted by Gasteiger charge is -2.15. The molecule has 0 aliphatic rings. The fraction of sp³-hybridized carbons (Fsp3) is 0.214. The molecule has 0 saturated heterocycles. The Morgan fingerprint density at radius 3 is 2.73 bits per heavy atom. The van der Waals surface area contributed by atoms with E-state index in [-0.39, 0.29) is 5.82 Å². The Morgan fingerprint density at radius 2 is 1.97 bits per heavy atom. The molecule has 0 aliphatic carbocycles. The minimum Gasteiger partial charge on any atom is -0.497 e. The van der Waals surface area contributed by atoms with E-state index in [4.69, 9.17) is 20.0 Å². The van der Waals surface area contributed by atoms with Gasteiger partial charge in [-0.3, -0.25) is 0 Å². The van der Waals surface area contributed by atoms with E-state index in [2.05, 4.69) is 21.8 Å². The van der Waals surface area contributed by atoms with E-state index >= 15 is 0 Å². The Morgan fingerprint density at radius 1 is 1.19 bits per heavy atom. The molecular weight excluding hydrogens is 473 g/mol. The topological polar surface area (TPSA) is 109 Å². The van der Waals surface area contributed by atoms with Gasteiger partial charge < -0.3 is 14.9 Å². The summed E-state index contributed by atoms with van der Waals surface area (Å²) in [4.78, 5) is 21.5. The summed E-state index contributed by atoms with van der Waals surface area (Å²) in [5, 5.41) is 6.36. The van der Waals surface area contributed by atoms with Crippen molar-refractivity contribution in [2.24, 2.45) is 0 Å². The smallest absolute Gasteiger partial charge is 0.343 e. The van der Waals surface area contributed by atoms with Crippen LogP contribution in [-0.4, -0.2) is 26.9 Å². The fourth-order valence-corrected chi connectivity index (χ4v) is 4.31. The molecule has 37 heavy (non-hydrogen) atoms. The van der Waals surface area contributed by atoms with Crippen LogP contribution in [0, 0.1) is 17.7 Å². The molecule has 0 saturated carbocycles. The largest absolute Gasteiger partial charge is 0.497 e. The van der Waals surface area contributed by atoms with Crippen LogP contribution in [0.3, 0.4) is 0 Å². The van der Waals surface area contributed by atoms with Crippen molar-refractivity contribution in [3.05, 3.63) is 76.4 Å². The lowest BCUT2D eigenvalue weighted by Crippen LogP contribution is -2.15. The molecule has 2 N–H and O–H groups in total. The van der Waals surface area contributed by atoms with E-state index in [1.165, 1.54) is 25.6 Å². The fourth-order valence-electron chi connectivity index (χ4n) is 4.31. The summed E-state index contributed by atoms with van der Waals surface area (Å²) in [6, 6.07) is 10.9. The Kier molecular flexibility index (Phi) is 6.32. The van der Waals surface area contributed by atoms with Gasteiger partial charge in [-0.05, 0) is 31.5 Å². The highest BCUT2D eigenvalue weighted by atomic mass is 19.1. The van der Waals surface area contributed by atoms with Crippen molar-refractivity contribution in [3.8, 4) is 28.8 Å². The van der Waals surface area contributed by atoms with Gasteiger partial charge in [0.25, 0.3) is 0 Å². The zero-order valence-electron chi connectivity index (χ0n) is 20.6. The first-order chi connectivity index (χ1) is 17.9. The molecule has 5 rings (SSSR count). The summed E-state index contributed by atoms with van der Waals surface area (Å²) in [6.45, 7) is 3.88. The highest BCUT2D eigenvalue weighted by Gasteiger charge is 2.26. The first-order valence-corrected chi connectivity index (χ1v) is 11.8. The molecule has 0 spiro atoms. The van der Waals surface area contributed by atoms with Gasteiger partial charge in [0.2, 0.25) is 0 Å². The number of benzene rings is 2. The van der Waals surface area contributed by atoms with Crippen molar-refractivity contribution in [1.29, 1.82) is 0 Å². The van der Waals surface area contributed by atoms with E-state index in [1.807, 2.05) is 26.0 Å². The number of ether oxygens (including phenoxy) is 1. The van der Waals surface area contributed by atoms with Crippen LogP contribution in [0.15, 0.2) is 58.0 Å². The third kappa shape index (κ3) is 4.27. The van der Waals surface area contributed by atoms with Crippen molar-refractivity contribution >= 4 is 27.6 Å². The molecule has 0 fully saturated rings. The van der Waals surface area contributed by atoms with Crippen molar-refractivity contribution in [2.75, 3.05) is 12.8 Å². The Bertz CT molecular complexity index is 1760. The first kappa shape index (κ1) is 24.0. The van der Waals surface area contributed by atoms with Gasteiger partial charge in [0, 0.05) is 23.4 Å². The second-order valence-electron chi connectivity index (χ2n) is 8.53. The molecule has 3 aromatic heterocycles. The maximum Gasteiger partial charge on any atom is 0.343 e. The number of nitrogens with zero attached hydrogens (tertiary/aromatic N) is 4. The number of anilines is 1. The number of unbranched alkanes of at least 4 members (excludes halogenated alkanes) is 1. The number of rotatable bonds is 5. The number of fused-ring (bicyclic) bond motifs is 2. The second-order valence-corrected chi connectivity index (χ2v) is 8.53. The van der Waals surface area contributed by atoms with E-state index in [1.54, 1.807) is 22.9 Å². The maximum atomic E-state index is 14.4. The predicted octanol–water partition coefficient (Wildman–Crippen LogP) is 5.09. The first-order valence-electron chi connectivity index (χ1n) is 11.8. The molecule has 0 bridgehead atoms. The summed E-state index contributed by atoms with van der Waals surface area (Å²) in [5.74, 6) is 6.74. The van der Waals surface area contributed by atoms with Crippen molar-refractivity contribution < 1.29 is 13.5 Å². The summed E-state index contributed by atoms with van der Waals surface area (Å²) in [5.41, 5.74) is 7.59. The van der Waals surface area contributed by atoms with Gasteiger partial charge in [0.15, 0.2) is 5.65 Å². The van der Waals surface area contributed by atoms with Gasteiger partial charge in [-0.25, -0.2) is 23.8 Å². The Hall–Kier alpha value is -4.71. The number of methoxy groups -OCH3 is 1. The van der Waals surface area contributed by atoms with Crippen LogP contribution < -0.4 is 16.1 Å². The summed E-state index contributed by atoms with van der Waals surface area (Å²) >= 11 is 0. The minimum atomic E-state index is -0.607. The number of aromatic nitrogens is 4. The average molecular weight is 498 g/mol. The molecule has 2 aromatic carbocycles. The van der Waals surface area contributed by atoms with Gasteiger partial charge in [0.05, 0.1) is 23.4 Å². The number of hydrogen-bond acceptors (Lipinski definition) is 7. The van der Waals surface area contributed by atoms with Crippen LogP contribution in [-0.2, 0) is 0 Å². The standard InChI is InChI=1S/C28H24FN5O3/c1-4-5-6-10-21-20-9-7-8-11-22(20)28(35)37-25(21)16(2)34-27-23(26(30)31-15-32-27)24(33-34)17-12-18(29)14-19(13-17)36-3/h7-9,11-16H,4-5H2,1-3H3,(H2,30,31,32). The van der Waals surface area contributed by atoms with Crippen molar-refractivity contribution in [2.45, 2.75) is 32.7 Å². The maximum absolute atomic E-state index is 14.4. The summed E-state index contributed by atoms with van der Waals surface area (Å²) in [6.07, 6.45) is 2.92. The molecule has 0 radical (unpaired) electrons. The van der Waals surface area contributed by atoms with Crippen LogP contribution >= 0.6 is 0 Å². The van der Waals surface area contributed by atoms with E-state index in [0.29, 0.717) is 56.6 Å². The Balaban J connectivity index is 1.78. The van der Waals surface area contributed by atoms with E-state index in [9.17, 15) is 9.18 Å². The molecule has 9 heteroatoms. The third-order valence-corrected chi connectivity index (χ3v) is 6.10. The summed E-state index contributed by atoms with van der Waals surface area (Å²) in [7, 11) is 1.46. The lowest BCUT2D eigenvalue weighted by molar-refractivity contribution is 0.401. The van der Waals surface area contributed by atoms with Crippen LogP contribution in [0.1, 0.15) is 44.1 Å². The molecule has 0 aliphatic heterocycles. The molecule has 1 unspecified atom stereocenters. The monoisotopic (exact) mass is 497 g/mol. The van der Waals surface area contributed by atoms with Gasteiger partial charge in [0.1, 0.15) is 41.2 Å². The van der Waals surface area contributed by atoms with Gasteiger partial charge >= 0.3 is 5.63 Å². The highest BCUT2D eigenvalue weighted by molar-refractivity contribution is 5.98. The molecular formula is C28H24FN5O3. The second kappa shape index (κ2) is 9.74. The van der Waals surface area contributed by atoms with Gasteiger partial charge in [-0.15, -0.1) is 0 Å². The number of halogens is 1.